The maximum Gasteiger partial charge on any atom is 0.162 e. The minimum atomic E-state index is -0.876. The molecule has 0 saturated heterocycles. The van der Waals surface area contributed by atoms with E-state index in [0.717, 1.165) is 12.1 Å². The van der Waals surface area contributed by atoms with Gasteiger partial charge in [-0.15, -0.1) is 0 Å². The number of hydrogen-bond donors (Lipinski definition) is 0. The lowest BCUT2D eigenvalue weighted by Gasteiger charge is -2.07. The summed E-state index contributed by atoms with van der Waals surface area (Å²) in [6, 6.07) is 2.15. The van der Waals surface area contributed by atoms with Crippen LogP contribution in [0.15, 0.2) is 16.6 Å². The fourth-order valence-electron chi connectivity index (χ4n) is 1.11. The Kier molecular flexibility index (Phi) is 2.72. The molecule has 2 rings (SSSR count). The topological polar surface area (TPSA) is 9.23 Å². The van der Waals surface area contributed by atoms with Crippen molar-refractivity contribution in [2.45, 2.75) is 12.8 Å². The number of benzene rings is 1. The van der Waals surface area contributed by atoms with Gasteiger partial charge in [0, 0.05) is 6.07 Å². The van der Waals surface area contributed by atoms with Crippen LogP contribution in [-0.4, -0.2) is 6.61 Å². The number of rotatable bonds is 3. The molecule has 1 aromatic carbocycles. The van der Waals surface area contributed by atoms with E-state index < -0.39 is 11.6 Å². The molecule has 0 atom stereocenters. The predicted molar refractivity (Wildman–Crippen MR) is 52.3 cm³/mol. The molecule has 1 aliphatic carbocycles. The van der Waals surface area contributed by atoms with Crippen LogP contribution < -0.4 is 4.74 Å². The third-order valence-electron chi connectivity index (χ3n) is 2.15. The van der Waals surface area contributed by atoms with Crippen molar-refractivity contribution in [2.75, 3.05) is 6.61 Å². The van der Waals surface area contributed by atoms with E-state index in [0.29, 0.717) is 22.7 Å². The Balaban J connectivity index is 2.10. The molecule has 1 saturated carbocycles. The van der Waals surface area contributed by atoms with Crippen molar-refractivity contribution in [1.82, 2.24) is 0 Å². The first-order valence-electron chi connectivity index (χ1n) is 4.44. The molecule has 0 heterocycles. The Labute approximate surface area is 89.2 Å². The van der Waals surface area contributed by atoms with Crippen molar-refractivity contribution in [2.24, 2.45) is 5.92 Å². The first kappa shape index (κ1) is 9.90. The van der Waals surface area contributed by atoms with Gasteiger partial charge in [0.2, 0.25) is 0 Å². The van der Waals surface area contributed by atoms with Gasteiger partial charge < -0.3 is 4.74 Å². The second-order valence-corrected chi connectivity index (χ2v) is 4.31. The number of ether oxygens (including phenoxy) is 1. The van der Waals surface area contributed by atoms with Gasteiger partial charge in [0.25, 0.3) is 0 Å². The van der Waals surface area contributed by atoms with E-state index >= 15 is 0 Å². The molecular weight excluding hydrogens is 254 g/mol. The lowest BCUT2D eigenvalue weighted by molar-refractivity contribution is 0.295. The SMILES string of the molecule is Fc1cc(Br)c(OCC2CC2)cc1F. The fraction of sp³-hybridized carbons (Fsp3) is 0.400. The van der Waals surface area contributed by atoms with Crippen molar-refractivity contribution in [3.05, 3.63) is 28.2 Å². The van der Waals surface area contributed by atoms with E-state index in [2.05, 4.69) is 15.9 Å². The molecule has 4 heteroatoms. The van der Waals surface area contributed by atoms with Crippen molar-refractivity contribution in [3.63, 3.8) is 0 Å². The largest absolute Gasteiger partial charge is 0.492 e. The molecule has 0 unspecified atom stereocenters. The van der Waals surface area contributed by atoms with Gasteiger partial charge in [-0.1, -0.05) is 0 Å². The van der Waals surface area contributed by atoms with Crippen LogP contribution in [0.2, 0.25) is 0 Å². The fourth-order valence-corrected chi connectivity index (χ4v) is 1.54. The van der Waals surface area contributed by atoms with Gasteiger partial charge in [-0.25, -0.2) is 8.78 Å². The van der Waals surface area contributed by atoms with Crippen molar-refractivity contribution < 1.29 is 13.5 Å². The summed E-state index contributed by atoms with van der Waals surface area (Å²) in [5.74, 6) is -0.777. The summed E-state index contributed by atoms with van der Waals surface area (Å²) in [6.45, 7) is 0.587. The molecule has 76 valence electrons. The van der Waals surface area contributed by atoms with Gasteiger partial charge in [0.05, 0.1) is 11.1 Å². The van der Waals surface area contributed by atoms with Crippen LogP contribution in [-0.2, 0) is 0 Å². The molecule has 1 aliphatic rings. The van der Waals surface area contributed by atoms with Crippen LogP contribution in [0.5, 0.6) is 5.75 Å². The highest BCUT2D eigenvalue weighted by Crippen LogP contribution is 2.32. The number of halogens is 3. The Bertz CT molecular complexity index is 350. The molecule has 0 radical (unpaired) electrons. The maximum atomic E-state index is 12.8. The Hall–Kier alpha value is -0.640. The first-order chi connectivity index (χ1) is 6.66. The maximum absolute atomic E-state index is 12.8. The summed E-state index contributed by atoms with van der Waals surface area (Å²) in [7, 11) is 0. The van der Waals surface area contributed by atoms with Gasteiger partial charge in [0.1, 0.15) is 5.75 Å². The van der Waals surface area contributed by atoms with E-state index in [9.17, 15) is 8.78 Å². The first-order valence-corrected chi connectivity index (χ1v) is 5.23. The second kappa shape index (κ2) is 3.85. The zero-order chi connectivity index (χ0) is 10.1. The van der Waals surface area contributed by atoms with Gasteiger partial charge in [-0.2, -0.15) is 0 Å². The number of hydrogen-bond acceptors (Lipinski definition) is 1. The molecular formula is C10H9BrF2O. The smallest absolute Gasteiger partial charge is 0.162 e. The third kappa shape index (κ3) is 2.23. The van der Waals surface area contributed by atoms with Gasteiger partial charge in [0.15, 0.2) is 11.6 Å². The normalized spacial score (nSPS) is 15.6. The van der Waals surface area contributed by atoms with Crippen LogP contribution in [0.3, 0.4) is 0 Å². The summed E-state index contributed by atoms with van der Waals surface area (Å²) in [4.78, 5) is 0. The Morgan fingerprint density at radius 1 is 1.29 bits per heavy atom. The van der Waals surface area contributed by atoms with Crippen LogP contribution in [0.4, 0.5) is 8.78 Å². The Morgan fingerprint density at radius 3 is 2.57 bits per heavy atom. The van der Waals surface area contributed by atoms with E-state index in [-0.39, 0.29) is 0 Å². The molecule has 0 aromatic heterocycles. The zero-order valence-corrected chi connectivity index (χ0v) is 8.98. The standard InChI is InChI=1S/C10H9BrF2O/c11-7-3-8(12)9(13)4-10(7)14-5-6-1-2-6/h3-4,6H,1-2,5H2. The minimum absolute atomic E-state index is 0.371. The van der Waals surface area contributed by atoms with E-state index in [4.69, 9.17) is 4.74 Å². The highest BCUT2D eigenvalue weighted by molar-refractivity contribution is 9.10. The molecule has 1 nitrogen and oxygen atoms in total. The minimum Gasteiger partial charge on any atom is -0.492 e. The summed E-state index contributed by atoms with van der Waals surface area (Å²) < 4.78 is 31.3. The monoisotopic (exact) mass is 262 g/mol. The molecule has 1 fully saturated rings. The molecule has 1 aromatic rings. The highest BCUT2D eigenvalue weighted by Gasteiger charge is 2.22. The van der Waals surface area contributed by atoms with Gasteiger partial charge >= 0.3 is 0 Å². The average Bonchev–Trinajstić information content (AvgIpc) is 2.92. The molecule has 0 spiro atoms. The van der Waals surface area contributed by atoms with Crippen molar-refractivity contribution in [1.29, 1.82) is 0 Å². The van der Waals surface area contributed by atoms with Crippen molar-refractivity contribution in [3.8, 4) is 5.75 Å². The van der Waals surface area contributed by atoms with E-state index in [1.54, 1.807) is 0 Å². The van der Waals surface area contributed by atoms with Gasteiger partial charge in [-0.05, 0) is 40.8 Å². The summed E-state index contributed by atoms with van der Waals surface area (Å²) in [5, 5.41) is 0. The summed E-state index contributed by atoms with van der Waals surface area (Å²) in [6.07, 6.45) is 2.34. The average molecular weight is 263 g/mol. The van der Waals surface area contributed by atoms with Crippen LogP contribution >= 0.6 is 15.9 Å². The summed E-state index contributed by atoms with van der Waals surface area (Å²) in [5.41, 5.74) is 0. The lowest BCUT2D eigenvalue weighted by Crippen LogP contribution is -2.00. The van der Waals surface area contributed by atoms with E-state index in [1.807, 2.05) is 0 Å². The van der Waals surface area contributed by atoms with Gasteiger partial charge in [-0.3, -0.25) is 0 Å². The molecule has 0 N–H and O–H groups in total. The molecule has 0 bridgehead atoms. The predicted octanol–water partition coefficient (Wildman–Crippen LogP) is 3.52. The van der Waals surface area contributed by atoms with Crippen LogP contribution in [0, 0.1) is 17.6 Å². The lowest BCUT2D eigenvalue weighted by atomic mass is 10.3. The zero-order valence-electron chi connectivity index (χ0n) is 7.40. The molecule has 0 aliphatic heterocycles. The van der Waals surface area contributed by atoms with E-state index in [1.165, 1.54) is 12.8 Å². The summed E-state index contributed by atoms with van der Waals surface area (Å²) >= 11 is 3.12. The third-order valence-corrected chi connectivity index (χ3v) is 2.77. The van der Waals surface area contributed by atoms with Crippen molar-refractivity contribution >= 4 is 15.9 Å². The quantitative estimate of drug-likeness (QED) is 0.758. The Morgan fingerprint density at radius 2 is 1.93 bits per heavy atom. The molecule has 0 amide bonds. The second-order valence-electron chi connectivity index (χ2n) is 3.45. The molecule has 14 heavy (non-hydrogen) atoms. The highest BCUT2D eigenvalue weighted by atomic mass is 79.9. The van der Waals surface area contributed by atoms with Crippen LogP contribution in [0.1, 0.15) is 12.8 Å². The van der Waals surface area contributed by atoms with Crippen LogP contribution in [0.25, 0.3) is 0 Å².